The lowest BCUT2D eigenvalue weighted by Gasteiger charge is -2.30. The quantitative estimate of drug-likeness (QED) is 0.488. The number of allylic oxidation sites excluding steroid dienone is 3. The Labute approximate surface area is 163 Å². The summed E-state index contributed by atoms with van der Waals surface area (Å²) in [5.41, 5.74) is -1.68. The van der Waals surface area contributed by atoms with Gasteiger partial charge in [0.1, 0.15) is 0 Å². The van der Waals surface area contributed by atoms with E-state index in [1.165, 1.54) is 18.2 Å². The van der Waals surface area contributed by atoms with Gasteiger partial charge in [-0.05, 0) is 23.8 Å². The van der Waals surface area contributed by atoms with E-state index in [1.807, 2.05) is 24.3 Å². The number of fused-ring (bicyclic) bond motifs is 1. The van der Waals surface area contributed by atoms with Crippen molar-refractivity contribution in [2.45, 2.75) is 25.1 Å². The zero-order valence-corrected chi connectivity index (χ0v) is 16.1. The van der Waals surface area contributed by atoms with E-state index in [0.29, 0.717) is 5.56 Å². The number of halogens is 4. The SMILES string of the molecule is C=C/C=C(/C=C\C)C1(C(F)(F)F)CC(c2ccc(Br)c3ccccc23)=NO1. The molecule has 2 aromatic rings. The maximum Gasteiger partial charge on any atom is 0.435 e. The van der Waals surface area contributed by atoms with E-state index in [-0.39, 0.29) is 11.3 Å². The van der Waals surface area contributed by atoms with Gasteiger partial charge in [-0.1, -0.05) is 82.3 Å². The van der Waals surface area contributed by atoms with Crippen LogP contribution in [0.2, 0.25) is 0 Å². The molecule has 3 rings (SSSR count). The van der Waals surface area contributed by atoms with E-state index in [4.69, 9.17) is 4.84 Å². The molecule has 2 nitrogen and oxygen atoms in total. The monoisotopic (exact) mass is 435 g/mol. The van der Waals surface area contributed by atoms with Crippen LogP contribution in [-0.2, 0) is 4.84 Å². The van der Waals surface area contributed by atoms with Crippen molar-refractivity contribution in [3.05, 3.63) is 82.9 Å². The van der Waals surface area contributed by atoms with E-state index in [0.717, 1.165) is 15.2 Å². The topological polar surface area (TPSA) is 21.6 Å². The summed E-state index contributed by atoms with van der Waals surface area (Å²) in [6.07, 6.45) is 0.501. The van der Waals surface area contributed by atoms with Crippen molar-refractivity contribution >= 4 is 32.4 Å². The number of hydrogen-bond acceptors (Lipinski definition) is 2. The number of nitrogens with zero attached hydrogens (tertiary/aromatic N) is 1. The van der Waals surface area contributed by atoms with Gasteiger partial charge in [0.05, 0.1) is 5.71 Å². The van der Waals surface area contributed by atoms with Crippen molar-refractivity contribution in [1.29, 1.82) is 0 Å². The van der Waals surface area contributed by atoms with Crippen molar-refractivity contribution in [3.8, 4) is 0 Å². The summed E-state index contributed by atoms with van der Waals surface area (Å²) < 4.78 is 43.1. The molecule has 0 N–H and O–H groups in total. The highest BCUT2D eigenvalue weighted by molar-refractivity contribution is 9.10. The smallest absolute Gasteiger partial charge is 0.374 e. The van der Waals surface area contributed by atoms with Gasteiger partial charge in [-0.3, -0.25) is 0 Å². The van der Waals surface area contributed by atoms with Crippen molar-refractivity contribution < 1.29 is 18.0 Å². The Morgan fingerprint density at radius 1 is 1.22 bits per heavy atom. The molecule has 6 heteroatoms. The maximum atomic E-state index is 14.1. The van der Waals surface area contributed by atoms with E-state index in [9.17, 15) is 13.2 Å². The minimum Gasteiger partial charge on any atom is -0.374 e. The predicted octanol–water partition coefficient (Wildman–Crippen LogP) is 6.72. The Morgan fingerprint density at radius 2 is 1.93 bits per heavy atom. The van der Waals surface area contributed by atoms with Gasteiger partial charge in [-0.25, -0.2) is 0 Å². The molecule has 2 aromatic carbocycles. The molecule has 1 aliphatic heterocycles. The fraction of sp³-hybridized carbons (Fsp3) is 0.190. The number of benzene rings is 2. The molecule has 0 bridgehead atoms. The molecule has 1 aliphatic rings. The van der Waals surface area contributed by atoms with Crippen LogP contribution in [0.15, 0.2) is 82.5 Å². The molecule has 0 radical (unpaired) electrons. The Balaban J connectivity index is 2.12. The number of hydrogen-bond donors (Lipinski definition) is 0. The molecular formula is C21H17BrF3NO. The van der Waals surface area contributed by atoms with Crippen LogP contribution in [0, 0.1) is 0 Å². The Morgan fingerprint density at radius 3 is 2.56 bits per heavy atom. The summed E-state index contributed by atoms with van der Waals surface area (Å²) in [7, 11) is 0. The molecule has 27 heavy (non-hydrogen) atoms. The average Bonchev–Trinajstić information content (AvgIpc) is 3.08. The Hall–Kier alpha value is -2.34. The molecule has 0 saturated heterocycles. The first-order chi connectivity index (χ1) is 12.8. The lowest BCUT2D eigenvalue weighted by atomic mass is 9.84. The third-order valence-electron chi connectivity index (χ3n) is 4.48. The van der Waals surface area contributed by atoms with Gasteiger partial charge in [-0.2, -0.15) is 13.2 Å². The summed E-state index contributed by atoms with van der Waals surface area (Å²) >= 11 is 3.48. The standard InChI is InChI=1S/C21H17BrF3NO/c1-3-7-14(8-4-2)20(21(23,24)25)13-19(26-27-20)17-11-12-18(22)16-10-6-5-9-15(16)17/h3-12H,1,13H2,2H3/b8-4-,14-7-. The van der Waals surface area contributed by atoms with Crippen LogP contribution < -0.4 is 0 Å². The first-order valence-corrected chi connectivity index (χ1v) is 9.08. The zero-order chi connectivity index (χ0) is 19.7. The van der Waals surface area contributed by atoms with E-state index < -0.39 is 18.2 Å². The molecule has 0 aromatic heterocycles. The second-order valence-corrected chi connectivity index (χ2v) is 6.98. The third kappa shape index (κ3) is 3.34. The first kappa shape index (κ1) is 19.4. The van der Waals surface area contributed by atoms with Gasteiger partial charge in [0.25, 0.3) is 5.60 Å². The highest BCUT2D eigenvalue weighted by Crippen LogP contribution is 2.47. The summed E-state index contributed by atoms with van der Waals surface area (Å²) in [5, 5.41) is 5.58. The van der Waals surface area contributed by atoms with Gasteiger partial charge in [0, 0.05) is 22.0 Å². The van der Waals surface area contributed by atoms with Crippen LogP contribution in [0.25, 0.3) is 10.8 Å². The molecule has 1 unspecified atom stereocenters. The molecule has 0 aliphatic carbocycles. The number of alkyl halides is 3. The van der Waals surface area contributed by atoms with Crippen molar-refractivity contribution in [2.75, 3.05) is 0 Å². The van der Waals surface area contributed by atoms with Gasteiger partial charge >= 0.3 is 6.18 Å². The zero-order valence-electron chi connectivity index (χ0n) is 14.6. The molecule has 0 spiro atoms. The number of rotatable bonds is 4. The number of oxime groups is 1. The van der Waals surface area contributed by atoms with Crippen LogP contribution in [0.5, 0.6) is 0 Å². The Bertz CT molecular complexity index is 975. The predicted molar refractivity (Wildman–Crippen MR) is 106 cm³/mol. The summed E-state index contributed by atoms with van der Waals surface area (Å²) in [6.45, 7) is 5.17. The van der Waals surface area contributed by atoms with E-state index in [2.05, 4.69) is 27.7 Å². The first-order valence-electron chi connectivity index (χ1n) is 8.29. The van der Waals surface area contributed by atoms with Crippen LogP contribution in [0.1, 0.15) is 18.9 Å². The minimum absolute atomic E-state index is 0.0346. The van der Waals surface area contributed by atoms with Crippen molar-refractivity contribution in [1.82, 2.24) is 0 Å². The summed E-state index contributed by atoms with van der Waals surface area (Å²) in [6, 6.07) is 11.0. The van der Waals surface area contributed by atoms with Gasteiger partial charge < -0.3 is 4.84 Å². The van der Waals surface area contributed by atoms with Crippen LogP contribution in [0.3, 0.4) is 0 Å². The highest BCUT2D eigenvalue weighted by Gasteiger charge is 2.62. The second-order valence-electron chi connectivity index (χ2n) is 6.13. The van der Waals surface area contributed by atoms with Gasteiger partial charge in [-0.15, -0.1) is 0 Å². The minimum atomic E-state index is -4.64. The molecule has 0 saturated carbocycles. The normalized spacial score (nSPS) is 20.8. The van der Waals surface area contributed by atoms with Gasteiger partial charge in [0.2, 0.25) is 0 Å². The molecular weight excluding hydrogens is 419 g/mol. The largest absolute Gasteiger partial charge is 0.435 e. The lowest BCUT2D eigenvalue weighted by Crippen LogP contribution is -2.46. The molecule has 0 fully saturated rings. The average molecular weight is 436 g/mol. The second kappa shape index (κ2) is 7.35. The van der Waals surface area contributed by atoms with E-state index in [1.54, 1.807) is 25.1 Å². The fourth-order valence-electron chi connectivity index (χ4n) is 3.19. The van der Waals surface area contributed by atoms with Crippen molar-refractivity contribution in [3.63, 3.8) is 0 Å². The van der Waals surface area contributed by atoms with Crippen molar-refractivity contribution in [2.24, 2.45) is 5.16 Å². The lowest BCUT2D eigenvalue weighted by molar-refractivity contribution is -0.251. The van der Waals surface area contributed by atoms with Gasteiger partial charge in [0.15, 0.2) is 0 Å². The fourth-order valence-corrected chi connectivity index (χ4v) is 3.67. The summed E-state index contributed by atoms with van der Waals surface area (Å²) in [4.78, 5) is 5.10. The molecule has 1 atom stereocenters. The van der Waals surface area contributed by atoms with Crippen LogP contribution >= 0.6 is 15.9 Å². The third-order valence-corrected chi connectivity index (χ3v) is 5.17. The molecule has 1 heterocycles. The molecule has 0 amide bonds. The maximum absolute atomic E-state index is 14.1. The molecule has 140 valence electrons. The summed E-state index contributed by atoms with van der Waals surface area (Å²) in [5.74, 6) is 0. The van der Waals surface area contributed by atoms with E-state index >= 15 is 0 Å². The van der Waals surface area contributed by atoms with Crippen LogP contribution in [0.4, 0.5) is 13.2 Å². The highest BCUT2D eigenvalue weighted by atomic mass is 79.9. The Kier molecular flexibility index (Phi) is 5.29. The van der Waals surface area contributed by atoms with Crippen LogP contribution in [-0.4, -0.2) is 17.5 Å².